The summed E-state index contributed by atoms with van der Waals surface area (Å²) in [6, 6.07) is 15.1. The highest BCUT2D eigenvalue weighted by Gasteiger charge is 2.38. The number of carboxylic acid groups (broad SMARTS) is 1. The van der Waals surface area contributed by atoms with Gasteiger partial charge in [0.2, 0.25) is 12.4 Å². The third kappa shape index (κ3) is 8.23. The fourth-order valence-corrected chi connectivity index (χ4v) is 7.70. The predicted molar refractivity (Wildman–Crippen MR) is 187 cm³/mol. The summed E-state index contributed by atoms with van der Waals surface area (Å²) in [5.74, 6) is -1.40. The van der Waals surface area contributed by atoms with Crippen LogP contribution in [0.15, 0.2) is 73.1 Å². The highest BCUT2D eigenvalue weighted by Crippen LogP contribution is 2.39. The standard InChI is InChI=1S/C38H38Cl2FN3O7/c1-49-33-10-6-25(16-34(33)50-2)28(17-30-31(39)19-44(48)20-32(30)40)29-15-22(3-9-27(29)37(45)46)18-42-36(24-4-7-26(41)8-5-24)38(47)51-35-21-43-13-11-23(35)12-14-43/h3-10,15-16,19-20,23,28,35-36,42H,11-14,17-18,21H2,1-2H3,(H-,45,46,48)/p+1/t28-,35-,36?/m0/s1. The number of carboxylic acids is 1. The van der Waals surface area contributed by atoms with Crippen molar-refractivity contribution < 1.29 is 43.2 Å². The van der Waals surface area contributed by atoms with Gasteiger partial charge in [-0.2, -0.15) is 0 Å². The summed E-state index contributed by atoms with van der Waals surface area (Å²) in [5, 5.41) is 24.0. The van der Waals surface area contributed by atoms with Crippen LogP contribution in [-0.2, 0) is 22.5 Å². The molecule has 3 N–H and O–H groups in total. The summed E-state index contributed by atoms with van der Waals surface area (Å²) in [6.07, 6.45) is 4.51. The van der Waals surface area contributed by atoms with Crippen molar-refractivity contribution in [3.8, 4) is 11.5 Å². The van der Waals surface area contributed by atoms with Crippen LogP contribution in [0.2, 0.25) is 10.0 Å². The maximum atomic E-state index is 13.9. The van der Waals surface area contributed by atoms with Crippen LogP contribution >= 0.6 is 23.2 Å². The molecule has 268 valence electrons. The van der Waals surface area contributed by atoms with Gasteiger partial charge in [0.15, 0.2) is 11.5 Å². The summed E-state index contributed by atoms with van der Waals surface area (Å²) in [4.78, 5) is 28.8. The maximum Gasteiger partial charge on any atom is 0.335 e. The average Bonchev–Trinajstić information content (AvgIpc) is 3.12. The SMILES string of the molecule is COc1ccc([C@H](Cc2c(Cl)c[n+](O)cc2Cl)c2cc(CNC(C(=O)O[C@H]3CN4CCC3CC4)c3ccc(F)cc3)ccc2C(=O)O)cc1OC. The van der Waals surface area contributed by atoms with Crippen LogP contribution in [0.5, 0.6) is 11.5 Å². The number of aromatic nitrogens is 1. The van der Waals surface area contributed by atoms with E-state index in [1.165, 1.54) is 44.8 Å². The number of aromatic carboxylic acids is 1. The van der Waals surface area contributed by atoms with Crippen molar-refractivity contribution in [2.45, 2.75) is 43.9 Å². The minimum atomic E-state index is -1.14. The minimum absolute atomic E-state index is 0.0516. The fourth-order valence-electron chi connectivity index (χ4n) is 7.09. The number of nitrogens with zero attached hydrogens (tertiary/aromatic N) is 2. The first-order chi connectivity index (χ1) is 24.5. The zero-order valence-corrected chi connectivity index (χ0v) is 29.7. The number of nitrogens with one attached hydrogen (secondary N) is 1. The molecule has 3 aliphatic heterocycles. The van der Waals surface area contributed by atoms with E-state index in [2.05, 4.69) is 10.2 Å². The number of methoxy groups -OCH3 is 2. The van der Waals surface area contributed by atoms with E-state index in [0.717, 1.165) is 30.7 Å². The highest BCUT2D eigenvalue weighted by atomic mass is 35.5. The molecule has 2 bridgehead atoms. The van der Waals surface area contributed by atoms with Gasteiger partial charge in [0.1, 0.15) is 28.0 Å². The number of halogens is 3. The van der Waals surface area contributed by atoms with Gasteiger partial charge < -0.3 is 19.3 Å². The van der Waals surface area contributed by atoms with Crippen LogP contribution in [0.25, 0.3) is 0 Å². The van der Waals surface area contributed by atoms with Crippen LogP contribution in [0.3, 0.4) is 0 Å². The van der Waals surface area contributed by atoms with E-state index < -0.39 is 29.7 Å². The van der Waals surface area contributed by atoms with Crippen molar-refractivity contribution in [1.29, 1.82) is 0 Å². The normalized spacial score (nSPS) is 19.3. The first-order valence-corrected chi connectivity index (χ1v) is 17.4. The minimum Gasteiger partial charge on any atom is -0.493 e. The van der Waals surface area contributed by atoms with Crippen molar-refractivity contribution in [3.05, 3.63) is 122 Å². The lowest BCUT2D eigenvalue weighted by molar-refractivity contribution is -0.904. The molecule has 3 fully saturated rings. The first-order valence-electron chi connectivity index (χ1n) is 16.6. The Hall–Kier alpha value is -4.42. The molecule has 0 spiro atoms. The molecule has 4 aromatic rings. The Labute approximate surface area is 305 Å². The van der Waals surface area contributed by atoms with Gasteiger partial charge in [-0.05, 0) is 90.9 Å². The zero-order chi connectivity index (χ0) is 36.2. The summed E-state index contributed by atoms with van der Waals surface area (Å²) in [6.45, 7) is 2.85. The summed E-state index contributed by atoms with van der Waals surface area (Å²) < 4.78 is 31.8. The number of ether oxygens (including phenoxy) is 3. The second-order valence-corrected chi connectivity index (χ2v) is 13.7. The molecular formula is C38H39Cl2FN3O7+. The van der Waals surface area contributed by atoms with Gasteiger partial charge in [-0.1, -0.05) is 53.5 Å². The number of hydrogen-bond acceptors (Lipinski definition) is 8. The lowest BCUT2D eigenvalue weighted by Gasteiger charge is -2.44. The number of piperidine rings is 3. The van der Waals surface area contributed by atoms with Crippen LogP contribution in [-0.4, -0.2) is 67.1 Å². The number of benzene rings is 3. The van der Waals surface area contributed by atoms with E-state index in [1.807, 2.05) is 6.07 Å². The van der Waals surface area contributed by atoms with Crippen LogP contribution in [0, 0.1) is 11.7 Å². The Balaban J connectivity index is 1.35. The molecule has 4 heterocycles. The molecule has 13 heteroatoms. The molecule has 1 unspecified atom stereocenters. The van der Waals surface area contributed by atoms with E-state index in [4.69, 9.17) is 37.4 Å². The van der Waals surface area contributed by atoms with Crippen molar-refractivity contribution in [3.63, 3.8) is 0 Å². The predicted octanol–water partition coefficient (Wildman–Crippen LogP) is 6.22. The molecule has 0 aliphatic carbocycles. The largest absolute Gasteiger partial charge is 0.493 e. The van der Waals surface area contributed by atoms with E-state index in [-0.39, 0.29) is 34.7 Å². The van der Waals surface area contributed by atoms with E-state index >= 15 is 0 Å². The number of carbonyl (C=O) groups excluding carboxylic acids is 1. The van der Waals surface area contributed by atoms with Gasteiger partial charge in [-0.3, -0.25) is 15.4 Å². The molecule has 0 amide bonds. The van der Waals surface area contributed by atoms with Crippen molar-refractivity contribution >= 4 is 35.1 Å². The monoisotopic (exact) mass is 738 g/mol. The number of pyridine rings is 1. The summed E-state index contributed by atoms with van der Waals surface area (Å²) in [5.41, 5.74) is 2.92. The maximum absolute atomic E-state index is 13.9. The van der Waals surface area contributed by atoms with Crippen LogP contribution < -0.4 is 19.5 Å². The average molecular weight is 740 g/mol. The molecule has 0 saturated carbocycles. The molecule has 3 atom stereocenters. The second-order valence-electron chi connectivity index (χ2n) is 12.9. The molecular weight excluding hydrogens is 700 g/mol. The van der Waals surface area contributed by atoms with E-state index in [9.17, 15) is 24.3 Å². The van der Waals surface area contributed by atoms with Gasteiger partial charge in [0, 0.05) is 29.3 Å². The Bertz CT molecular complexity index is 1880. The third-order valence-corrected chi connectivity index (χ3v) is 10.5. The highest BCUT2D eigenvalue weighted by molar-refractivity contribution is 6.35. The number of rotatable bonds is 13. The number of fused-ring (bicyclic) bond motifs is 3. The molecule has 3 aliphatic rings. The Kier molecular flexibility index (Phi) is 11.3. The number of esters is 1. The smallest absolute Gasteiger partial charge is 0.335 e. The first kappa shape index (κ1) is 36.4. The van der Waals surface area contributed by atoms with E-state index in [0.29, 0.717) is 51.8 Å². The van der Waals surface area contributed by atoms with Crippen molar-refractivity contribution in [1.82, 2.24) is 10.2 Å². The topological polar surface area (TPSA) is 121 Å². The van der Waals surface area contributed by atoms with Crippen LogP contribution in [0.4, 0.5) is 4.39 Å². The number of carbonyl (C=O) groups is 2. The Morgan fingerprint density at radius 2 is 1.63 bits per heavy atom. The third-order valence-electron chi connectivity index (χ3n) is 9.82. The summed E-state index contributed by atoms with van der Waals surface area (Å²) >= 11 is 13.1. The van der Waals surface area contributed by atoms with Gasteiger partial charge in [-0.15, -0.1) is 0 Å². The molecule has 1 aromatic heterocycles. The number of hydrogen-bond donors (Lipinski definition) is 3. The molecule has 3 aromatic carbocycles. The summed E-state index contributed by atoms with van der Waals surface area (Å²) in [7, 11) is 3.03. The van der Waals surface area contributed by atoms with Gasteiger partial charge >= 0.3 is 11.9 Å². The molecule has 7 rings (SSSR count). The van der Waals surface area contributed by atoms with Gasteiger partial charge in [0.25, 0.3) is 0 Å². The molecule has 3 saturated heterocycles. The molecule has 0 radical (unpaired) electrons. The lowest BCUT2D eigenvalue weighted by Crippen LogP contribution is -2.52. The van der Waals surface area contributed by atoms with E-state index in [1.54, 1.807) is 36.4 Å². The fraction of sp³-hybridized carbons (Fsp3) is 0.342. The van der Waals surface area contributed by atoms with Gasteiger partial charge in [0.05, 0.1) is 19.8 Å². The van der Waals surface area contributed by atoms with Crippen molar-refractivity contribution in [2.75, 3.05) is 33.9 Å². The van der Waals surface area contributed by atoms with Crippen molar-refractivity contribution in [2.24, 2.45) is 5.92 Å². The van der Waals surface area contributed by atoms with Crippen LogP contribution in [0.1, 0.15) is 63.0 Å². The second kappa shape index (κ2) is 15.9. The molecule has 10 nitrogen and oxygen atoms in total. The lowest BCUT2D eigenvalue weighted by atomic mass is 9.82. The molecule has 51 heavy (non-hydrogen) atoms. The Morgan fingerprint density at radius 1 is 0.961 bits per heavy atom. The Morgan fingerprint density at radius 3 is 2.24 bits per heavy atom. The quantitative estimate of drug-likeness (QED) is 0.0835. The van der Waals surface area contributed by atoms with Gasteiger partial charge in [-0.25, -0.2) is 14.0 Å². The zero-order valence-electron chi connectivity index (χ0n) is 28.2.